The second-order valence-electron chi connectivity index (χ2n) is 9.18. The first kappa shape index (κ1) is 22.9. The predicted molar refractivity (Wildman–Crippen MR) is 128 cm³/mol. The second-order valence-corrected chi connectivity index (χ2v) is 9.18. The zero-order valence-electron chi connectivity index (χ0n) is 19.9. The Kier molecular flexibility index (Phi) is 7.55. The lowest BCUT2D eigenvalue weighted by Crippen LogP contribution is -2.49. The van der Waals surface area contributed by atoms with Gasteiger partial charge in [-0.15, -0.1) is 0 Å². The maximum absolute atomic E-state index is 6.22. The zero-order valence-corrected chi connectivity index (χ0v) is 19.9. The van der Waals surface area contributed by atoms with E-state index in [1.54, 1.807) is 14.2 Å². The quantitative estimate of drug-likeness (QED) is 0.627. The minimum absolute atomic E-state index is 0.367. The number of hydrogen-bond donors (Lipinski definition) is 0. The van der Waals surface area contributed by atoms with Crippen molar-refractivity contribution in [1.82, 2.24) is 14.7 Å². The molecule has 0 unspecified atom stereocenters. The van der Waals surface area contributed by atoms with Crippen molar-refractivity contribution in [2.75, 3.05) is 54.6 Å². The van der Waals surface area contributed by atoms with Crippen LogP contribution in [0.3, 0.4) is 0 Å². The molecule has 2 heterocycles. The van der Waals surface area contributed by atoms with Crippen LogP contribution < -0.4 is 14.2 Å². The molecule has 174 valence electrons. The van der Waals surface area contributed by atoms with Crippen LogP contribution in [0.15, 0.2) is 42.5 Å². The number of ether oxygens (including phenoxy) is 3. The van der Waals surface area contributed by atoms with Crippen molar-refractivity contribution < 1.29 is 14.2 Å². The Balaban J connectivity index is 1.52. The fraction of sp³-hybridized carbons (Fsp3) is 0.538. The molecule has 2 aromatic carbocycles. The molecule has 2 aliphatic heterocycles. The Labute approximate surface area is 192 Å². The molecular formula is C26H37N3O3. The number of rotatable bonds is 8. The Morgan fingerprint density at radius 2 is 1.84 bits per heavy atom. The highest BCUT2D eigenvalue weighted by Gasteiger charge is 2.32. The predicted octanol–water partition coefficient (Wildman–Crippen LogP) is 3.49. The van der Waals surface area contributed by atoms with Crippen LogP contribution >= 0.6 is 0 Å². The van der Waals surface area contributed by atoms with E-state index in [1.165, 1.54) is 24.0 Å². The Morgan fingerprint density at radius 1 is 1.00 bits per heavy atom. The number of nitrogens with zero attached hydrogens (tertiary/aromatic N) is 3. The summed E-state index contributed by atoms with van der Waals surface area (Å²) >= 11 is 0. The monoisotopic (exact) mass is 439 g/mol. The van der Waals surface area contributed by atoms with Crippen molar-refractivity contribution in [1.29, 1.82) is 0 Å². The van der Waals surface area contributed by atoms with Gasteiger partial charge in [0.2, 0.25) is 0 Å². The summed E-state index contributed by atoms with van der Waals surface area (Å²) in [6.07, 6.45) is 2.45. The van der Waals surface area contributed by atoms with Crippen molar-refractivity contribution in [2.24, 2.45) is 0 Å². The lowest BCUT2D eigenvalue weighted by molar-refractivity contribution is 0.0873. The summed E-state index contributed by atoms with van der Waals surface area (Å²) in [5.74, 6) is 2.68. The molecule has 2 atom stereocenters. The highest BCUT2D eigenvalue weighted by Crippen LogP contribution is 2.34. The molecule has 0 N–H and O–H groups in total. The van der Waals surface area contributed by atoms with Crippen molar-refractivity contribution in [3.05, 3.63) is 53.6 Å². The minimum Gasteiger partial charge on any atom is -0.493 e. The number of fused-ring (bicyclic) bond motifs is 1. The molecule has 2 aliphatic rings. The number of hydrogen-bond acceptors (Lipinski definition) is 6. The molecule has 0 amide bonds. The number of benzene rings is 2. The molecule has 2 aromatic rings. The van der Waals surface area contributed by atoms with Crippen molar-refractivity contribution in [3.8, 4) is 17.2 Å². The smallest absolute Gasteiger partial charge is 0.165 e. The highest BCUT2D eigenvalue weighted by molar-refractivity contribution is 5.46. The van der Waals surface area contributed by atoms with E-state index in [-0.39, 0.29) is 0 Å². The van der Waals surface area contributed by atoms with Gasteiger partial charge in [0.25, 0.3) is 0 Å². The van der Waals surface area contributed by atoms with Crippen molar-refractivity contribution in [3.63, 3.8) is 0 Å². The second kappa shape index (κ2) is 10.6. The number of likely N-dealkylation sites (tertiary alicyclic amines) is 1. The molecular weight excluding hydrogens is 402 g/mol. The van der Waals surface area contributed by atoms with Gasteiger partial charge >= 0.3 is 0 Å². The normalized spacial score (nSPS) is 21.8. The first-order valence-electron chi connectivity index (χ1n) is 11.6. The van der Waals surface area contributed by atoms with Crippen molar-refractivity contribution in [2.45, 2.75) is 38.0 Å². The maximum Gasteiger partial charge on any atom is 0.165 e. The molecule has 1 fully saturated rings. The molecule has 0 bridgehead atoms. The molecule has 4 rings (SSSR count). The van der Waals surface area contributed by atoms with Crippen LogP contribution in [0.5, 0.6) is 17.2 Å². The molecule has 0 aromatic heterocycles. The summed E-state index contributed by atoms with van der Waals surface area (Å²) in [5, 5.41) is 0. The fourth-order valence-corrected chi connectivity index (χ4v) is 5.10. The van der Waals surface area contributed by atoms with Crippen LogP contribution in [0.1, 0.15) is 24.0 Å². The van der Waals surface area contributed by atoms with Gasteiger partial charge in [0.1, 0.15) is 12.4 Å². The molecule has 0 saturated carbocycles. The molecule has 0 radical (unpaired) electrons. The molecule has 1 saturated heterocycles. The summed E-state index contributed by atoms with van der Waals surface area (Å²) in [5.41, 5.74) is 2.47. The Hall–Kier alpha value is -2.28. The van der Waals surface area contributed by atoms with Gasteiger partial charge in [-0.1, -0.05) is 30.3 Å². The average Bonchev–Trinajstić information content (AvgIpc) is 3.15. The summed E-state index contributed by atoms with van der Waals surface area (Å²) in [4.78, 5) is 7.52. The average molecular weight is 440 g/mol. The third kappa shape index (κ3) is 5.20. The largest absolute Gasteiger partial charge is 0.493 e. The van der Waals surface area contributed by atoms with E-state index in [2.05, 4.69) is 65.2 Å². The first-order chi connectivity index (χ1) is 15.6. The maximum atomic E-state index is 6.22. The van der Waals surface area contributed by atoms with E-state index in [0.717, 1.165) is 56.6 Å². The van der Waals surface area contributed by atoms with Crippen LogP contribution in [0.2, 0.25) is 0 Å². The fourth-order valence-electron chi connectivity index (χ4n) is 5.10. The number of para-hydroxylation sites is 2. The van der Waals surface area contributed by atoms with E-state index in [4.69, 9.17) is 14.2 Å². The van der Waals surface area contributed by atoms with Crippen molar-refractivity contribution >= 4 is 0 Å². The van der Waals surface area contributed by atoms with Crippen LogP contribution in [-0.2, 0) is 13.1 Å². The van der Waals surface area contributed by atoms with Crippen LogP contribution in [0, 0.1) is 0 Å². The lowest BCUT2D eigenvalue weighted by atomic mass is 10.1. The van der Waals surface area contributed by atoms with Gasteiger partial charge in [0.05, 0.1) is 20.3 Å². The first-order valence-corrected chi connectivity index (χ1v) is 11.6. The topological polar surface area (TPSA) is 37.4 Å². The van der Waals surface area contributed by atoms with Crippen LogP contribution in [-0.4, -0.2) is 81.3 Å². The highest BCUT2D eigenvalue weighted by atomic mass is 16.5. The summed E-state index contributed by atoms with van der Waals surface area (Å²) < 4.78 is 17.4. The molecule has 0 aliphatic carbocycles. The van der Waals surface area contributed by atoms with Gasteiger partial charge in [0.15, 0.2) is 11.5 Å². The minimum atomic E-state index is 0.367. The third-order valence-electron chi connectivity index (χ3n) is 6.67. The van der Waals surface area contributed by atoms with Gasteiger partial charge in [-0.05, 0) is 45.6 Å². The van der Waals surface area contributed by atoms with E-state index in [1.807, 2.05) is 6.07 Å². The van der Waals surface area contributed by atoms with Gasteiger partial charge in [0, 0.05) is 43.3 Å². The molecule has 0 spiro atoms. The van der Waals surface area contributed by atoms with Gasteiger partial charge in [-0.25, -0.2) is 0 Å². The lowest BCUT2D eigenvalue weighted by Gasteiger charge is -2.35. The van der Waals surface area contributed by atoms with Crippen LogP contribution in [0.4, 0.5) is 0 Å². The van der Waals surface area contributed by atoms with E-state index in [0.29, 0.717) is 12.1 Å². The molecule has 6 nitrogen and oxygen atoms in total. The van der Waals surface area contributed by atoms with Gasteiger partial charge in [-0.2, -0.15) is 0 Å². The van der Waals surface area contributed by atoms with Gasteiger partial charge < -0.3 is 19.1 Å². The van der Waals surface area contributed by atoms with E-state index >= 15 is 0 Å². The standard InChI is InChI=1S/C26H37N3O3/c1-27(2)17-23-19-32-24-12-6-5-9-20(24)15-29(23)18-22-11-8-14-28(22)16-21-10-7-13-25(30-3)26(21)31-4/h5-7,9-10,12-13,22-23H,8,11,14-19H2,1-4H3/t22-,23-/m1/s1. The third-order valence-corrected chi connectivity index (χ3v) is 6.67. The SMILES string of the molecule is COc1cccc(CN2CCC[C@@H]2CN2Cc3ccccc3OC[C@H]2CN(C)C)c1OC. The Morgan fingerprint density at radius 3 is 2.62 bits per heavy atom. The number of likely N-dealkylation sites (N-methyl/N-ethyl adjacent to an activating group) is 1. The zero-order chi connectivity index (χ0) is 22.5. The number of methoxy groups -OCH3 is 2. The van der Waals surface area contributed by atoms with Crippen LogP contribution in [0.25, 0.3) is 0 Å². The van der Waals surface area contributed by atoms with E-state index in [9.17, 15) is 0 Å². The molecule has 32 heavy (non-hydrogen) atoms. The summed E-state index contributed by atoms with van der Waals surface area (Å²) in [6, 6.07) is 15.5. The summed E-state index contributed by atoms with van der Waals surface area (Å²) in [7, 11) is 7.72. The Bertz CT molecular complexity index is 888. The summed E-state index contributed by atoms with van der Waals surface area (Å²) in [6.45, 7) is 5.69. The van der Waals surface area contributed by atoms with Gasteiger partial charge in [-0.3, -0.25) is 9.80 Å². The van der Waals surface area contributed by atoms with E-state index < -0.39 is 0 Å². The molecule has 6 heteroatoms.